The molecule has 0 saturated heterocycles. The van der Waals surface area contributed by atoms with Crippen LogP contribution in [0.3, 0.4) is 0 Å². The molecule has 4 nitrogen and oxygen atoms in total. The van der Waals surface area contributed by atoms with Gasteiger partial charge in [0.2, 0.25) is 10.0 Å². The van der Waals surface area contributed by atoms with E-state index in [1.54, 1.807) is 6.07 Å². The Bertz CT molecular complexity index is 467. The van der Waals surface area contributed by atoms with Crippen LogP contribution in [0, 0.1) is 0 Å². The van der Waals surface area contributed by atoms with Gasteiger partial charge in [0.1, 0.15) is 0 Å². The smallest absolute Gasteiger partial charge is 0.232 e. The Morgan fingerprint density at radius 1 is 1.50 bits per heavy atom. The molecule has 8 heteroatoms. The predicted molar refractivity (Wildman–Crippen MR) is 69.7 cm³/mol. The van der Waals surface area contributed by atoms with Gasteiger partial charge in [-0.25, -0.2) is 13.4 Å². The number of sulfonamides is 1. The predicted octanol–water partition coefficient (Wildman–Crippen LogP) is 2.87. The number of nitrogens with one attached hydrogen (secondary N) is 1. The fourth-order valence-electron chi connectivity index (χ4n) is 0.957. The number of pyridine rings is 1. The van der Waals surface area contributed by atoms with Gasteiger partial charge in [0.05, 0.1) is 11.4 Å². The van der Waals surface area contributed by atoms with Gasteiger partial charge in [-0.1, -0.05) is 11.6 Å². The average molecular weight is 348 g/mol. The highest BCUT2D eigenvalue weighted by atomic mass is 79.9. The molecule has 0 aromatic carbocycles. The first kappa shape index (κ1) is 14.0. The standard InChI is InChI=1S/C8H9BrCl2N2O2S/c9-6-4-7(8(11)12-5-6)13-16(14,15)3-1-2-10/h4-5,13H,1-3H2. The van der Waals surface area contributed by atoms with Crippen LogP contribution in [0.4, 0.5) is 5.69 Å². The summed E-state index contributed by atoms with van der Waals surface area (Å²) >= 11 is 14.4. The Morgan fingerprint density at radius 3 is 2.81 bits per heavy atom. The topological polar surface area (TPSA) is 59.1 Å². The first-order chi connectivity index (χ1) is 7.44. The Labute approximate surface area is 113 Å². The summed E-state index contributed by atoms with van der Waals surface area (Å²) in [6, 6.07) is 1.55. The van der Waals surface area contributed by atoms with Crippen LogP contribution in [0.5, 0.6) is 0 Å². The zero-order chi connectivity index (χ0) is 12.2. The maximum Gasteiger partial charge on any atom is 0.232 e. The van der Waals surface area contributed by atoms with Crippen molar-refractivity contribution in [1.82, 2.24) is 4.98 Å². The first-order valence-electron chi connectivity index (χ1n) is 4.32. The second-order valence-electron chi connectivity index (χ2n) is 2.96. The van der Waals surface area contributed by atoms with Gasteiger partial charge < -0.3 is 0 Å². The Kier molecular flexibility index (Phi) is 5.30. The van der Waals surface area contributed by atoms with Crippen LogP contribution in [-0.2, 0) is 10.0 Å². The van der Waals surface area contributed by atoms with Crippen molar-refractivity contribution >= 4 is 54.8 Å². The fraction of sp³-hybridized carbons (Fsp3) is 0.375. The van der Waals surface area contributed by atoms with Gasteiger partial charge in [-0.05, 0) is 28.4 Å². The third-order valence-corrected chi connectivity index (χ3v) is 3.98. The number of nitrogens with zero attached hydrogens (tertiary/aromatic N) is 1. The zero-order valence-electron chi connectivity index (χ0n) is 8.08. The van der Waals surface area contributed by atoms with E-state index in [1.165, 1.54) is 6.20 Å². The summed E-state index contributed by atoms with van der Waals surface area (Å²) in [6.45, 7) is 0. The van der Waals surface area contributed by atoms with E-state index in [1.807, 2.05) is 0 Å². The van der Waals surface area contributed by atoms with Crippen molar-refractivity contribution in [2.24, 2.45) is 0 Å². The van der Waals surface area contributed by atoms with Crippen LogP contribution in [0.1, 0.15) is 6.42 Å². The third kappa shape index (κ3) is 4.45. The molecule has 0 aliphatic carbocycles. The van der Waals surface area contributed by atoms with Crippen molar-refractivity contribution in [3.63, 3.8) is 0 Å². The van der Waals surface area contributed by atoms with Crippen LogP contribution >= 0.6 is 39.1 Å². The number of aromatic nitrogens is 1. The summed E-state index contributed by atoms with van der Waals surface area (Å²) in [5.41, 5.74) is 0.255. The Hall–Kier alpha value is -0.0400. The van der Waals surface area contributed by atoms with Gasteiger partial charge in [-0.15, -0.1) is 11.6 Å². The largest absolute Gasteiger partial charge is 0.280 e. The molecule has 1 N–H and O–H groups in total. The molecule has 1 heterocycles. The van der Waals surface area contributed by atoms with Gasteiger partial charge in [0, 0.05) is 16.5 Å². The summed E-state index contributed by atoms with van der Waals surface area (Å²) < 4.78 is 26.1. The molecular weight excluding hydrogens is 339 g/mol. The molecule has 1 aromatic rings. The highest BCUT2D eigenvalue weighted by molar-refractivity contribution is 9.10. The van der Waals surface area contributed by atoms with E-state index < -0.39 is 10.0 Å². The van der Waals surface area contributed by atoms with Crippen molar-refractivity contribution in [3.05, 3.63) is 21.9 Å². The van der Waals surface area contributed by atoms with Crippen molar-refractivity contribution < 1.29 is 8.42 Å². The lowest BCUT2D eigenvalue weighted by Crippen LogP contribution is -2.17. The number of hydrogen-bond acceptors (Lipinski definition) is 3. The Balaban J connectivity index is 2.83. The summed E-state index contributed by atoms with van der Waals surface area (Å²) in [7, 11) is -3.42. The van der Waals surface area contributed by atoms with Gasteiger partial charge >= 0.3 is 0 Å². The molecule has 0 aliphatic rings. The molecule has 90 valence electrons. The van der Waals surface area contributed by atoms with E-state index in [9.17, 15) is 8.42 Å². The lowest BCUT2D eigenvalue weighted by atomic mass is 10.4. The monoisotopic (exact) mass is 346 g/mol. The molecule has 0 saturated carbocycles. The molecule has 0 fully saturated rings. The van der Waals surface area contributed by atoms with Crippen molar-refractivity contribution in [2.45, 2.75) is 6.42 Å². The molecule has 0 bridgehead atoms. The number of anilines is 1. The van der Waals surface area contributed by atoms with Gasteiger partial charge in [0.15, 0.2) is 5.15 Å². The number of rotatable bonds is 5. The van der Waals surface area contributed by atoms with E-state index >= 15 is 0 Å². The second kappa shape index (κ2) is 6.05. The molecule has 0 aliphatic heterocycles. The molecular formula is C8H9BrCl2N2O2S. The molecule has 1 aromatic heterocycles. The summed E-state index contributed by atoms with van der Waals surface area (Å²) in [5.74, 6) is 0.255. The third-order valence-electron chi connectivity index (χ3n) is 1.62. The van der Waals surface area contributed by atoms with Crippen molar-refractivity contribution in [1.29, 1.82) is 0 Å². The molecule has 0 spiro atoms. The van der Waals surface area contributed by atoms with Crippen LogP contribution in [0.2, 0.25) is 5.15 Å². The molecule has 0 radical (unpaired) electrons. The van der Waals surface area contributed by atoms with E-state index in [2.05, 4.69) is 25.6 Å². The SMILES string of the molecule is O=S(=O)(CCCCl)Nc1cc(Br)cnc1Cl. The maximum atomic E-state index is 11.6. The maximum absolute atomic E-state index is 11.6. The second-order valence-corrected chi connectivity index (χ2v) is 6.45. The average Bonchev–Trinajstić information content (AvgIpc) is 2.20. The highest BCUT2D eigenvalue weighted by Gasteiger charge is 2.12. The highest BCUT2D eigenvalue weighted by Crippen LogP contribution is 2.24. The number of alkyl halides is 1. The molecule has 1 rings (SSSR count). The Morgan fingerprint density at radius 2 is 2.19 bits per heavy atom. The minimum Gasteiger partial charge on any atom is -0.280 e. The quantitative estimate of drug-likeness (QED) is 0.658. The number of halogens is 3. The van der Waals surface area contributed by atoms with E-state index in [0.717, 1.165) is 0 Å². The molecule has 0 atom stereocenters. The van der Waals surface area contributed by atoms with Crippen molar-refractivity contribution in [2.75, 3.05) is 16.4 Å². The minimum atomic E-state index is -3.42. The molecule has 0 unspecified atom stereocenters. The number of hydrogen-bond donors (Lipinski definition) is 1. The van der Waals surface area contributed by atoms with E-state index in [4.69, 9.17) is 23.2 Å². The van der Waals surface area contributed by atoms with E-state index in [-0.39, 0.29) is 16.6 Å². The van der Waals surface area contributed by atoms with Crippen molar-refractivity contribution in [3.8, 4) is 0 Å². The van der Waals surface area contributed by atoms with Crippen LogP contribution in [-0.4, -0.2) is 25.0 Å². The van der Waals surface area contributed by atoms with Crippen LogP contribution < -0.4 is 4.72 Å². The summed E-state index contributed by atoms with van der Waals surface area (Å²) in [6.07, 6.45) is 1.87. The van der Waals surface area contributed by atoms with Crippen LogP contribution in [0.25, 0.3) is 0 Å². The summed E-state index contributed by atoms with van der Waals surface area (Å²) in [4.78, 5) is 3.81. The molecule has 16 heavy (non-hydrogen) atoms. The van der Waals surface area contributed by atoms with Gasteiger partial charge in [-0.2, -0.15) is 0 Å². The van der Waals surface area contributed by atoms with Gasteiger partial charge in [-0.3, -0.25) is 4.72 Å². The summed E-state index contributed by atoms with van der Waals surface area (Å²) in [5, 5.41) is 0.109. The lowest BCUT2D eigenvalue weighted by Gasteiger charge is -2.08. The van der Waals surface area contributed by atoms with Gasteiger partial charge in [0.25, 0.3) is 0 Å². The zero-order valence-corrected chi connectivity index (χ0v) is 12.0. The van der Waals surface area contributed by atoms with E-state index in [0.29, 0.717) is 16.8 Å². The molecule has 0 amide bonds. The lowest BCUT2D eigenvalue weighted by molar-refractivity contribution is 0.600. The minimum absolute atomic E-state index is 0.0423. The first-order valence-corrected chi connectivity index (χ1v) is 7.68. The fourth-order valence-corrected chi connectivity index (χ4v) is 2.90. The normalized spacial score (nSPS) is 11.4. The van der Waals surface area contributed by atoms with Crippen LogP contribution in [0.15, 0.2) is 16.7 Å².